The number of carbonyl (C=O) groups excluding carboxylic acids is 1. The first-order valence-corrected chi connectivity index (χ1v) is 10.1. The van der Waals surface area contributed by atoms with E-state index in [1.54, 1.807) is 26.0 Å². The molecule has 1 heterocycles. The Hall–Kier alpha value is -3.27. The Morgan fingerprint density at radius 1 is 1.07 bits per heavy atom. The van der Waals surface area contributed by atoms with Crippen molar-refractivity contribution in [2.45, 2.75) is 18.1 Å². The Morgan fingerprint density at radius 2 is 1.77 bits per heavy atom. The molecule has 9 nitrogen and oxygen atoms in total. The number of hydrogen-bond acceptors (Lipinski definition) is 8. The molecule has 0 fully saturated rings. The smallest absolute Gasteiger partial charge is 0.230 e. The van der Waals surface area contributed by atoms with Crippen LogP contribution in [0.5, 0.6) is 17.2 Å². The Balaban J connectivity index is 1.64. The molecule has 0 saturated heterocycles. The van der Waals surface area contributed by atoms with E-state index >= 15 is 0 Å². The van der Waals surface area contributed by atoms with Gasteiger partial charge in [-0.15, -0.1) is 5.10 Å². The van der Waals surface area contributed by atoms with E-state index in [2.05, 4.69) is 20.8 Å². The summed E-state index contributed by atoms with van der Waals surface area (Å²) in [6.45, 7) is 1.89. The standard InChI is InChI=1S/C20H23N5O4S/c1-13(17-11-16(28-3)9-10-18(17)29-4)21-19(26)12-30-20-22-23-24-25(20)14-5-7-15(27-2)8-6-14/h5-11,13H,12H2,1-4H3,(H,21,26). The highest BCUT2D eigenvalue weighted by Crippen LogP contribution is 2.29. The van der Waals surface area contributed by atoms with Gasteiger partial charge < -0.3 is 19.5 Å². The molecular formula is C20H23N5O4S. The number of carbonyl (C=O) groups is 1. The molecule has 0 aliphatic carbocycles. The highest BCUT2D eigenvalue weighted by molar-refractivity contribution is 7.99. The molecule has 2 aromatic carbocycles. The van der Waals surface area contributed by atoms with Gasteiger partial charge in [0, 0.05) is 5.56 Å². The monoisotopic (exact) mass is 429 g/mol. The number of nitrogens with zero attached hydrogens (tertiary/aromatic N) is 4. The lowest BCUT2D eigenvalue weighted by Gasteiger charge is -2.18. The number of tetrazole rings is 1. The van der Waals surface area contributed by atoms with Gasteiger partial charge in [-0.3, -0.25) is 4.79 Å². The normalized spacial score (nSPS) is 11.6. The van der Waals surface area contributed by atoms with Gasteiger partial charge in [-0.1, -0.05) is 11.8 Å². The van der Waals surface area contributed by atoms with E-state index in [0.717, 1.165) is 17.0 Å². The van der Waals surface area contributed by atoms with Crippen LogP contribution in [0.25, 0.3) is 5.69 Å². The number of methoxy groups -OCH3 is 3. The lowest BCUT2D eigenvalue weighted by Crippen LogP contribution is -2.28. The predicted octanol–water partition coefficient (Wildman–Crippen LogP) is 2.66. The average molecular weight is 430 g/mol. The molecule has 158 valence electrons. The van der Waals surface area contributed by atoms with Crippen LogP contribution in [0, 0.1) is 0 Å². The summed E-state index contributed by atoms with van der Waals surface area (Å²) in [5.74, 6) is 2.12. The molecule has 1 atom stereocenters. The van der Waals surface area contributed by atoms with Crippen molar-refractivity contribution in [1.29, 1.82) is 0 Å². The number of thioether (sulfide) groups is 1. The first kappa shape index (κ1) is 21.4. The number of benzene rings is 2. The summed E-state index contributed by atoms with van der Waals surface area (Å²) < 4.78 is 17.4. The van der Waals surface area contributed by atoms with Crippen molar-refractivity contribution in [1.82, 2.24) is 25.5 Å². The van der Waals surface area contributed by atoms with Crippen molar-refractivity contribution >= 4 is 17.7 Å². The fourth-order valence-electron chi connectivity index (χ4n) is 2.82. The van der Waals surface area contributed by atoms with Crippen molar-refractivity contribution in [3.8, 4) is 22.9 Å². The summed E-state index contributed by atoms with van der Waals surface area (Å²) in [7, 11) is 4.79. The summed E-state index contributed by atoms with van der Waals surface area (Å²) in [6.07, 6.45) is 0. The predicted molar refractivity (Wildman–Crippen MR) is 113 cm³/mol. The second-order valence-electron chi connectivity index (χ2n) is 6.26. The fraction of sp³-hybridized carbons (Fsp3) is 0.300. The Bertz CT molecular complexity index is 993. The summed E-state index contributed by atoms with van der Waals surface area (Å²) >= 11 is 1.25. The van der Waals surface area contributed by atoms with Crippen molar-refractivity contribution in [2.24, 2.45) is 0 Å². The van der Waals surface area contributed by atoms with Gasteiger partial charge >= 0.3 is 0 Å². The van der Waals surface area contributed by atoms with Crippen LogP contribution in [0.2, 0.25) is 0 Å². The zero-order valence-electron chi connectivity index (χ0n) is 17.2. The van der Waals surface area contributed by atoms with Gasteiger partial charge in [0.2, 0.25) is 11.1 Å². The van der Waals surface area contributed by atoms with E-state index in [0.29, 0.717) is 16.7 Å². The van der Waals surface area contributed by atoms with Crippen LogP contribution in [-0.4, -0.2) is 53.2 Å². The van der Waals surface area contributed by atoms with Crippen LogP contribution in [-0.2, 0) is 4.79 Å². The molecule has 1 aromatic heterocycles. The number of amides is 1. The van der Waals surface area contributed by atoms with Gasteiger partial charge in [0.15, 0.2) is 0 Å². The van der Waals surface area contributed by atoms with E-state index in [-0.39, 0.29) is 17.7 Å². The molecule has 1 N–H and O–H groups in total. The zero-order valence-corrected chi connectivity index (χ0v) is 18.0. The Morgan fingerprint density at radius 3 is 2.43 bits per heavy atom. The van der Waals surface area contributed by atoms with Crippen molar-refractivity contribution in [2.75, 3.05) is 27.1 Å². The molecule has 1 unspecified atom stereocenters. The number of aromatic nitrogens is 4. The number of nitrogens with one attached hydrogen (secondary N) is 1. The van der Waals surface area contributed by atoms with Gasteiger partial charge in [-0.2, -0.15) is 4.68 Å². The SMILES string of the molecule is COc1ccc(-n2nnnc2SCC(=O)NC(C)c2cc(OC)ccc2OC)cc1. The first-order chi connectivity index (χ1) is 14.5. The molecule has 0 spiro atoms. The molecule has 0 aliphatic heterocycles. The van der Waals surface area contributed by atoms with Crippen molar-refractivity contribution < 1.29 is 19.0 Å². The Labute approximate surface area is 178 Å². The number of ether oxygens (including phenoxy) is 3. The van der Waals surface area contributed by atoms with E-state index in [1.807, 2.05) is 49.4 Å². The minimum Gasteiger partial charge on any atom is -0.497 e. The average Bonchev–Trinajstić information content (AvgIpc) is 3.25. The summed E-state index contributed by atoms with van der Waals surface area (Å²) in [4.78, 5) is 12.5. The number of hydrogen-bond donors (Lipinski definition) is 1. The largest absolute Gasteiger partial charge is 0.497 e. The zero-order chi connectivity index (χ0) is 21.5. The Kier molecular flexibility index (Phi) is 7.12. The lowest BCUT2D eigenvalue weighted by atomic mass is 10.1. The maximum absolute atomic E-state index is 12.5. The molecule has 0 aliphatic rings. The van der Waals surface area contributed by atoms with Crippen LogP contribution >= 0.6 is 11.8 Å². The second kappa shape index (κ2) is 9.97. The van der Waals surface area contributed by atoms with E-state index in [4.69, 9.17) is 14.2 Å². The van der Waals surface area contributed by atoms with Gasteiger partial charge in [-0.05, 0) is 59.8 Å². The topological polar surface area (TPSA) is 100 Å². The van der Waals surface area contributed by atoms with Crippen molar-refractivity contribution in [3.63, 3.8) is 0 Å². The fourth-order valence-corrected chi connectivity index (χ4v) is 3.53. The van der Waals surface area contributed by atoms with E-state index in [1.165, 1.54) is 11.8 Å². The van der Waals surface area contributed by atoms with Gasteiger partial charge in [0.1, 0.15) is 17.2 Å². The minimum atomic E-state index is -0.263. The first-order valence-electron chi connectivity index (χ1n) is 9.12. The molecule has 0 radical (unpaired) electrons. The minimum absolute atomic E-state index is 0.151. The number of rotatable bonds is 9. The van der Waals surface area contributed by atoms with E-state index in [9.17, 15) is 4.79 Å². The third-order valence-electron chi connectivity index (χ3n) is 4.37. The van der Waals surface area contributed by atoms with Gasteiger partial charge in [0.25, 0.3) is 0 Å². The summed E-state index contributed by atoms with van der Waals surface area (Å²) in [6, 6.07) is 12.5. The van der Waals surface area contributed by atoms with Gasteiger partial charge in [0.05, 0.1) is 38.8 Å². The van der Waals surface area contributed by atoms with Crippen LogP contribution in [0.1, 0.15) is 18.5 Å². The third kappa shape index (κ3) is 5.01. The maximum atomic E-state index is 12.5. The van der Waals surface area contributed by atoms with Crippen LogP contribution < -0.4 is 19.5 Å². The summed E-state index contributed by atoms with van der Waals surface area (Å²) in [5, 5.41) is 15.2. The van der Waals surface area contributed by atoms with Crippen LogP contribution in [0.15, 0.2) is 47.6 Å². The third-order valence-corrected chi connectivity index (χ3v) is 5.29. The molecule has 3 rings (SSSR count). The highest BCUT2D eigenvalue weighted by atomic mass is 32.2. The molecule has 3 aromatic rings. The summed E-state index contributed by atoms with van der Waals surface area (Å²) in [5.41, 5.74) is 1.61. The molecule has 1 amide bonds. The highest BCUT2D eigenvalue weighted by Gasteiger charge is 2.17. The van der Waals surface area contributed by atoms with Crippen molar-refractivity contribution in [3.05, 3.63) is 48.0 Å². The van der Waals surface area contributed by atoms with Crippen LogP contribution in [0.4, 0.5) is 0 Å². The maximum Gasteiger partial charge on any atom is 0.230 e. The molecule has 0 saturated carbocycles. The molecule has 0 bridgehead atoms. The molecular weight excluding hydrogens is 406 g/mol. The van der Waals surface area contributed by atoms with Crippen LogP contribution in [0.3, 0.4) is 0 Å². The molecule has 10 heteroatoms. The van der Waals surface area contributed by atoms with Gasteiger partial charge in [-0.25, -0.2) is 0 Å². The quantitative estimate of drug-likeness (QED) is 0.518. The lowest BCUT2D eigenvalue weighted by molar-refractivity contribution is -0.119. The second-order valence-corrected chi connectivity index (χ2v) is 7.20. The molecule has 30 heavy (non-hydrogen) atoms. The van der Waals surface area contributed by atoms with E-state index < -0.39 is 0 Å².